The van der Waals surface area contributed by atoms with Gasteiger partial charge in [0.05, 0.1) is 17.5 Å². The first-order chi connectivity index (χ1) is 9.10. The summed E-state index contributed by atoms with van der Waals surface area (Å²) < 4.78 is 6.00. The van der Waals surface area contributed by atoms with Crippen LogP contribution >= 0.6 is 39.1 Å². The third kappa shape index (κ3) is 3.88. The first-order valence-corrected chi connectivity index (χ1v) is 7.43. The van der Waals surface area contributed by atoms with Crippen LogP contribution in [0.25, 0.3) is 0 Å². The van der Waals surface area contributed by atoms with Crippen molar-refractivity contribution in [2.75, 3.05) is 7.11 Å². The maximum Gasteiger partial charge on any atom is 0.118 e. The van der Waals surface area contributed by atoms with Gasteiger partial charge in [0.1, 0.15) is 5.75 Å². The number of ether oxygens (including phenoxy) is 1. The van der Waals surface area contributed by atoms with Crippen LogP contribution in [0.2, 0.25) is 5.02 Å². The summed E-state index contributed by atoms with van der Waals surface area (Å²) in [5.74, 6) is 0.851. The van der Waals surface area contributed by atoms with Gasteiger partial charge < -0.3 is 4.74 Å². The molecule has 2 aromatic carbocycles. The lowest BCUT2D eigenvalue weighted by Crippen LogP contribution is -1.96. The smallest absolute Gasteiger partial charge is 0.118 e. The highest BCUT2D eigenvalue weighted by Gasteiger charge is 2.10. The summed E-state index contributed by atoms with van der Waals surface area (Å²) in [6, 6.07) is 13.7. The van der Waals surface area contributed by atoms with Gasteiger partial charge in [-0.2, -0.15) is 0 Å². The lowest BCUT2D eigenvalue weighted by molar-refractivity contribution is 0.414. The first kappa shape index (κ1) is 14.7. The molecule has 19 heavy (non-hydrogen) atoms. The Morgan fingerprint density at radius 1 is 1.16 bits per heavy atom. The number of hydrogen-bond donors (Lipinski definition) is 0. The van der Waals surface area contributed by atoms with Gasteiger partial charge >= 0.3 is 0 Å². The molecule has 0 fully saturated rings. The lowest BCUT2D eigenvalue weighted by Gasteiger charge is -2.11. The van der Waals surface area contributed by atoms with E-state index < -0.39 is 0 Å². The van der Waals surface area contributed by atoms with Crippen molar-refractivity contribution in [1.29, 1.82) is 0 Å². The fourth-order valence-electron chi connectivity index (χ4n) is 1.79. The van der Waals surface area contributed by atoms with E-state index in [0.29, 0.717) is 5.02 Å². The van der Waals surface area contributed by atoms with E-state index in [0.717, 1.165) is 22.2 Å². The van der Waals surface area contributed by atoms with Crippen molar-refractivity contribution in [2.45, 2.75) is 11.8 Å². The maximum absolute atomic E-state index is 6.44. The predicted octanol–water partition coefficient (Wildman–Crippen LogP) is 5.63. The fourth-order valence-corrected chi connectivity index (χ4v) is 2.62. The van der Waals surface area contributed by atoms with Crippen molar-refractivity contribution < 1.29 is 4.74 Å². The zero-order valence-electron chi connectivity index (χ0n) is 10.4. The van der Waals surface area contributed by atoms with Gasteiger partial charge in [-0.1, -0.05) is 29.8 Å². The molecule has 0 aliphatic rings. The molecule has 100 valence electrons. The molecule has 1 atom stereocenters. The Hall–Kier alpha value is -0.700. The van der Waals surface area contributed by atoms with Crippen LogP contribution in [-0.2, 0) is 6.42 Å². The van der Waals surface area contributed by atoms with Crippen LogP contribution in [0, 0.1) is 0 Å². The summed E-state index contributed by atoms with van der Waals surface area (Å²) in [6.45, 7) is 0. The molecule has 1 unspecified atom stereocenters. The molecule has 0 spiro atoms. The topological polar surface area (TPSA) is 9.23 Å². The predicted molar refractivity (Wildman–Crippen MR) is 84.4 cm³/mol. The highest BCUT2D eigenvalue weighted by Crippen LogP contribution is 2.31. The van der Waals surface area contributed by atoms with E-state index in [1.165, 1.54) is 5.56 Å². The number of hydrogen-bond acceptors (Lipinski definition) is 1. The highest BCUT2D eigenvalue weighted by molar-refractivity contribution is 9.10. The van der Waals surface area contributed by atoms with Crippen molar-refractivity contribution in [3.05, 3.63) is 63.1 Å². The second-order valence-corrected chi connectivity index (χ2v) is 5.98. The number of alkyl halides is 1. The van der Waals surface area contributed by atoms with E-state index >= 15 is 0 Å². The maximum atomic E-state index is 6.44. The average molecular weight is 360 g/mol. The Morgan fingerprint density at radius 3 is 2.42 bits per heavy atom. The normalized spacial score (nSPS) is 12.2. The Balaban J connectivity index is 2.10. The van der Waals surface area contributed by atoms with Crippen LogP contribution in [0.1, 0.15) is 16.5 Å². The lowest BCUT2D eigenvalue weighted by atomic mass is 10.0. The molecule has 0 N–H and O–H groups in total. The minimum atomic E-state index is -0.0815. The molecule has 0 aliphatic carbocycles. The van der Waals surface area contributed by atoms with Gasteiger partial charge in [0.25, 0.3) is 0 Å². The van der Waals surface area contributed by atoms with Crippen molar-refractivity contribution in [3.63, 3.8) is 0 Å². The zero-order valence-corrected chi connectivity index (χ0v) is 13.5. The van der Waals surface area contributed by atoms with E-state index in [9.17, 15) is 0 Å². The van der Waals surface area contributed by atoms with Crippen LogP contribution in [0.5, 0.6) is 5.75 Å². The quantitative estimate of drug-likeness (QED) is 0.642. The van der Waals surface area contributed by atoms with Crippen molar-refractivity contribution >= 4 is 39.1 Å². The van der Waals surface area contributed by atoms with E-state index in [2.05, 4.69) is 15.9 Å². The molecule has 2 rings (SSSR count). The summed E-state index contributed by atoms with van der Waals surface area (Å²) >= 11 is 15.8. The summed E-state index contributed by atoms with van der Waals surface area (Å²) in [4.78, 5) is 0. The number of methoxy groups -OCH3 is 1. The summed E-state index contributed by atoms with van der Waals surface area (Å²) in [5, 5.41) is 0.610. The summed E-state index contributed by atoms with van der Waals surface area (Å²) in [7, 11) is 1.66. The summed E-state index contributed by atoms with van der Waals surface area (Å²) in [6.07, 6.45) is 0.764. The Bertz CT molecular complexity index is 555. The first-order valence-electron chi connectivity index (χ1n) is 5.82. The largest absolute Gasteiger partial charge is 0.497 e. The third-order valence-corrected chi connectivity index (χ3v) is 4.50. The minimum absolute atomic E-state index is 0.0815. The van der Waals surface area contributed by atoms with Gasteiger partial charge in [0.15, 0.2) is 0 Å². The molecule has 0 bridgehead atoms. The number of halogens is 3. The van der Waals surface area contributed by atoms with Crippen molar-refractivity contribution in [1.82, 2.24) is 0 Å². The van der Waals surface area contributed by atoms with E-state index in [4.69, 9.17) is 27.9 Å². The molecule has 0 aliphatic heterocycles. The van der Waals surface area contributed by atoms with Gasteiger partial charge in [-0.15, -0.1) is 11.6 Å². The van der Waals surface area contributed by atoms with E-state index in [1.54, 1.807) is 7.11 Å². The fraction of sp³-hybridized carbons (Fsp3) is 0.200. The number of rotatable bonds is 4. The average Bonchev–Trinajstić information content (AvgIpc) is 2.42. The molecule has 1 nitrogen and oxygen atoms in total. The molecule has 4 heteroatoms. The van der Waals surface area contributed by atoms with Gasteiger partial charge in [-0.25, -0.2) is 0 Å². The van der Waals surface area contributed by atoms with Gasteiger partial charge in [-0.05, 0) is 57.7 Å². The molecule has 0 amide bonds. The van der Waals surface area contributed by atoms with Crippen LogP contribution in [-0.4, -0.2) is 7.11 Å². The van der Waals surface area contributed by atoms with Crippen LogP contribution in [0.4, 0.5) is 0 Å². The molecular formula is C15H13BrCl2O. The molecular weight excluding hydrogens is 347 g/mol. The second-order valence-electron chi connectivity index (χ2n) is 4.19. The second kappa shape index (κ2) is 6.65. The van der Waals surface area contributed by atoms with Gasteiger partial charge in [-0.3, -0.25) is 0 Å². The Labute approximate surface area is 131 Å². The Morgan fingerprint density at radius 2 is 1.84 bits per heavy atom. The molecule has 0 radical (unpaired) electrons. The molecule has 0 heterocycles. The van der Waals surface area contributed by atoms with Crippen LogP contribution < -0.4 is 4.74 Å². The van der Waals surface area contributed by atoms with Crippen molar-refractivity contribution in [2.24, 2.45) is 0 Å². The minimum Gasteiger partial charge on any atom is -0.497 e. The van der Waals surface area contributed by atoms with Gasteiger partial charge in [0.2, 0.25) is 0 Å². The number of benzene rings is 2. The summed E-state index contributed by atoms with van der Waals surface area (Å²) in [5.41, 5.74) is 2.22. The van der Waals surface area contributed by atoms with E-state index in [-0.39, 0.29) is 5.38 Å². The Kier molecular flexibility index (Phi) is 5.14. The molecule has 0 saturated heterocycles. The van der Waals surface area contributed by atoms with Crippen LogP contribution in [0.3, 0.4) is 0 Å². The van der Waals surface area contributed by atoms with Gasteiger partial charge in [0, 0.05) is 4.47 Å². The van der Waals surface area contributed by atoms with Crippen LogP contribution in [0.15, 0.2) is 46.9 Å². The third-order valence-electron chi connectivity index (χ3n) is 2.88. The molecule has 0 saturated carbocycles. The zero-order chi connectivity index (χ0) is 13.8. The molecule has 2 aromatic rings. The van der Waals surface area contributed by atoms with Crippen molar-refractivity contribution in [3.8, 4) is 5.75 Å². The highest BCUT2D eigenvalue weighted by atomic mass is 79.9. The standard InChI is InChI=1S/C15H13BrCl2O/c1-19-12-5-2-10(3-6-12)8-15(18)11-4-7-14(17)13(16)9-11/h2-7,9,15H,8H2,1H3. The monoisotopic (exact) mass is 358 g/mol. The van der Waals surface area contributed by atoms with E-state index in [1.807, 2.05) is 42.5 Å². The SMILES string of the molecule is COc1ccc(CC(Cl)c2ccc(Cl)c(Br)c2)cc1. The molecule has 0 aromatic heterocycles.